The van der Waals surface area contributed by atoms with Crippen LogP contribution in [0.25, 0.3) is 0 Å². The number of rotatable bonds is 8. The van der Waals surface area contributed by atoms with Crippen molar-refractivity contribution in [2.24, 2.45) is 17.8 Å². The minimum absolute atomic E-state index is 0.00550. The largest absolute Gasteiger partial charge is 0.493 e. The Morgan fingerprint density at radius 2 is 1.94 bits per heavy atom. The lowest BCUT2D eigenvalue weighted by atomic mass is 9.90. The van der Waals surface area contributed by atoms with E-state index in [9.17, 15) is 14.3 Å². The highest BCUT2D eigenvalue weighted by molar-refractivity contribution is 6.30. The van der Waals surface area contributed by atoms with Crippen LogP contribution in [-0.4, -0.2) is 64.8 Å². The molecule has 34 heavy (non-hydrogen) atoms. The molecule has 2 atom stereocenters. The van der Waals surface area contributed by atoms with Gasteiger partial charge in [0, 0.05) is 32.2 Å². The SMILES string of the molecule is O=C(Cc1ccc(OCCC2CC2C2CCN(c3ncc(Cl)cn3)CC2)cc1F)N1CC(O)C1. The Balaban J connectivity index is 1.02. The number of carbonyl (C=O) groups is 1. The highest BCUT2D eigenvalue weighted by Crippen LogP contribution is 2.49. The first-order valence-corrected chi connectivity index (χ1v) is 12.4. The van der Waals surface area contributed by atoms with Gasteiger partial charge in [-0.3, -0.25) is 4.79 Å². The van der Waals surface area contributed by atoms with Crippen molar-refractivity contribution >= 4 is 23.5 Å². The van der Waals surface area contributed by atoms with Gasteiger partial charge in [-0.2, -0.15) is 0 Å². The van der Waals surface area contributed by atoms with E-state index in [-0.39, 0.29) is 12.3 Å². The van der Waals surface area contributed by atoms with E-state index in [0.29, 0.717) is 41.9 Å². The normalized spacial score (nSPS) is 23.0. The maximum absolute atomic E-state index is 14.4. The Kier molecular flexibility index (Phi) is 6.88. The molecule has 7 nitrogen and oxygen atoms in total. The molecule has 2 unspecified atom stereocenters. The first-order valence-electron chi connectivity index (χ1n) is 12.1. The lowest BCUT2D eigenvalue weighted by molar-refractivity contribution is -0.140. The van der Waals surface area contributed by atoms with Crippen LogP contribution >= 0.6 is 11.6 Å². The second-order valence-electron chi connectivity index (χ2n) is 9.71. The standard InChI is InChI=1S/C25H30ClFN4O3/c26-19-12-28-25(29-13-19)30-6-3-16(4-7-30)22-9-17(22)5-8-34-21-2-1-18(23(27)11-21)10-24(33)31-14-20(32)15-31/h1-2,11-13,16-17,20,22,32H,3-10,14-15H2. The Labute approximate surface area is 203 Å². The number of benzene rings is 1. The average Bonchev–Trinajstić information content (AvgIpc) is 3.59. The summed E-state index contributed by atoms with van der Waals surface area (Å²) in [5.74, 6) is 2.83. The number of ether oxygens (including phenoxy) is 1. The molecule has 1 aromatic carbocycles. The Bertz CT molecular complexity index is 1010. The fourth-order valence-corrected chi connectivity index (χ4v) is 5.30. The zero-order valence-electron chi connectivity index (χ0n) is 19.1. The molecule has 0 radical (unpaired) electrons. The van der Waals surface area contributed by atoms with Crippen LogP contribution in [0.15, 0.2) is 30.6 Å². The minimum atomic E-state index is -0.451. The van der Waals surface area contributed by atoms with Crippen molar-refractivity contribution < 1.29 is 19.0 Å². The molecule has 2 aliphatic heterocycles. The average molecular weight is 489 g/mol. The van der Waals surface area contributed by atoms with Crippen molar-refractivity contribution in [3.8, 4) is 5.75 Å². The number of aliphatic hydroxyl groups excluding tert-OH is 1. The summed E-state index contributed by atoms with van der Waals surface area (Å²) in [6.07, 6.45) is 7.36. The van der Waals surface area contributed by atoms with Crippen molar-refractivity contribution in [2.75, 3.05) is 37.7 Å². The number of hydrogen-bond acceptors (Lipinski definition) is 6. The molecule has 1 aliphatic carbocycles. The fourth-order valence-electron chi connectivity index (χ4n) is 5.20. The van der Waals surface area contributed by atoms with Crippen LogP contribution in [0.5, 0.6) is 5.75 Å². The molecule has 5 rings (SSSR count). The van der Waals surface area contributed by atoms with Crippen molar-refractivity contribution in [1.82, 2.24) is 14.9 Å². The van der Waals surface area contributed by atoms with E-state index < -0.39 is 11.9 Å². The van der Waals surface area contributed by atoms with E-state index >= 15 is 0 Å². The van der Waals surface area contributed by atoms with Gasteiger partial charge in [-0.15, -0.1) is 0 Å². The Morgan fingerprint density at radius 3 is 2.62 bits per heavy atom. The van der Waals surface area contributed by atoms with E-state index in [1.54, 1.807) is 24.5 Å². The molecular weight excluding hydrogens is 459 g/mol. The number of likely N-dealkylation sites (tertiary alicyclic amines) is 1. The summed E-state index contributed by atoms with van der Waals surface area (Å²) in [6.45, 7) is 3.18. The van der Waals surface area contributed by atoms with Gasteiger partial charge < -0.3 is 19.6 Å². The van der Waals surface area contributed by atoms with Gasteiger partial charge in [0.15, 0.2) is 0 Å². The molecule has 3 aliphatic rings. The van der Waals surface area contributed by atoms with Gasteiger partial charge >= 0.3 is 0 Å². The molecule has 1 amide bonds. The zero-order chi connectivity index (χ0) is 23.7. The van der Waals surface area contributed by atoms with E-state index in [1.165, 1.54) is 17.4 Å². The number of hydrogen-bond donors (Lipinski definition) is 1. The van der Waals surface area contributed by atoms with Gasteiger partial charge in [0.05, 0.1) is 36.5 Å². The van der Waals surface area contributed by atoms with E-state index in [0.717, 1.165) is 50.1 Å². The number of carbonyl (C=O) groups excluding carboxylic acids is 1. The lowest BCUT2D eigenvalue weighted by Gasteiger charge is -2.35. The van der Waals surface area contributed by atoms with Crippen LogP contribution in [0.4, 0.5) is 10.3 Å². The van der Waals surface area contributed by atoms with Crippen LogP contribution in [0, 0.1) is 23.6 Å². The van der Waals surface area contributed by atoms with Gasteiger partial charge in [0.25, 0.3) is 0 Å². The van der Waals surface area contributed by atoms with Gasteiger partial charge in [-0.1, -0.05) is 17.7 Å². The number of aromatic nitrogens is 2. The van der Waals surface area contributed by atoms with Crippen LogP contribution in [0.2, 0.25) is 5.02 Å². The van der Waals surface area contributed by atoms with Crippen LogP contribution in [-0.2, 0) is 11.2 Å². The zero-order valence-corrected chi connectivity index (χ0v) is 19.8. The summed E-state index contributed by atoms with van der Waals surface area (Å²) in [6, 6.07) is 4.72. The predicted molar refractivity (Wildman–Crippen MR) is 126 cm³/mol. The Hall–Kier alpha value is -2.45. The summed E-state index contributed by atoms with van der Waals surface area (Å²) < 4.78 is 20.2. The smallest absolute Gasteiger partial charge is 0.227 e. The summed E-state index contributed by atoms with van der Waals surface area (Å²) in [7, 11) is 0. The summed E-state index contributed by atoms with van der Waals surface area (Å²) in [5.41, 5.74) is 0.358. The molecule has 1 N–H and O–H groups in total. The summed E-state index contributed by atoms with van der Waals surface area (Å²) in [5, 5.41) is 9.86. The third kappa shape index (κ3) is 5.44. The monoisotopic (exact) mass is 488 g/mol. The van der Waals surface area contributed by atoms with Crippen LogP contribution < -0.4 is 9.64 Å². The van der Waals surface area contributed by atoms with Crippen molar-refractivity contribution in [3.05, 3.63) is 47.0 Å². The number of aliphatic hydroxyl groups is 1. The molecule has 1 saturated carbocycles. The summed E-state index contributed by atoms with van der Waals surface area (Å²) in [4.78, 5) is 24.5. The van der Waals surface area contributed by atoms with E-state index in [1.807, 2.05) is 0 Å². The number of β-amino-alcohol motifs (C(OH)–C–C–N with tert-alkyl or cyclic N) is 1. The molecular formula is C25H30ClFN4O3. The summed E-state index contributed by atoms with van der Waals surface area (Å²) >= 11 is 5.88. The van der Waals surface area contributed by atoms with Crippen molar-refractivity contribution in [3.63, 3.8) is 0 Å². The molecule has 0 spiro atoms. The van der Waals surface area contributed by atoms with Gasteiger partial charge in [-0.05, 0) is 55.1 Å². The number of piperidine rings is 1. The Morgan fingerprint density at radius 1 is 1.21 bits per heavy atom. The first-order chi connectivity index (χ1) is 16.5. The molecule has 9 heteroatoms. The molecule has 182 valence electrons. The maximum atomic E-state index is 14.4. The predicted octanol–water partition coefficient (Wildman–Crippen LogP) is 3.34. The second-order valence-corrected chi connectivity index (χ2v) is 10.1. The topological polar surface area (TPSA) is 78.8 Å². The number of halogens is 2. The minimum Gasteiger partial charge on any atom is -0.493 e. The number of amides is 1. The highest BCUT2D eigenvalue weighted by atomic mass is 35.5. The van der Waals surface area contributed by atoms with Crippen LogP contribution in [0.1, 0.15) is 31.2 Å². The highest BCUT2D eigenvalue weighted by Gasteiger charge is 2.43. The van der Waals surface area contributed by atoms with E-state index in [4.69, 9.17) is 16.3 Å². The maximum Gasteiger partial charge on any atom is 0.227 e. The molecule has 1 aromatic heterocycles. The van der Waals surface area contributed by atoms with Crippen molar-refractivity contribution in [1.29, 1.82) is 0 Å². The molecule has 3 fully saturated rings. The van der Waals surface area contributed by atoms with Gasteiger partial charge in [0.1, 0.15) is 11.6 Å². The molecule has 2 saturated heterocycles. The lowest BCUT2D eigenvalue weighted by Crippen LogP contribution is -2.54. The third-order valence-electron chi connectivity index (χ3n) is 7.35. The fraction of sp³-hybridized carbons (Fsp3) is 0.560. The quantitative estimate of drug-likeness (QED) is 0.614. The molecule has 2 aromatic rings. The van der Waals surface area contributed by atoms with Gasteiger partial charge in [-0.25, -0.2) is 14.4 Å². The first kappa shape index (κ1) is 23.3. The molecule has 0 bridgehead atoms. The number of anilines is 1. The number of nitrogens with zero attached hydrogens (tertiary/aromatic N) is 4. The molecule has 3 heterocycles. The third-order valence-corrected chi connectivity index (χ3v) is 7.55. The van der Waals surface area contributed by atoms with E-state index in [2.05, 4.69) is 14.9 Å². The second kappa shape index (κ2) is 10.0. The van der Waals surface area contributed by atoms with Crippen molar-refractivity contribution in [2.45, 2.75) is 38.2 Å². The van der Waals surface area contributed by atoms with Crippen LogP contribution in [0.3, 0.4) is 0 Å². The van der Waals surface area contributed by atoms with Gasteiger partial charge in [0.2, 0.25) is 11.9 Å².